The third-order valence-corrected chi connectivity index (χ3v) is 3.00. The Morgan fingerprint density at radius 2 is 1.89 bits per heavy atom. The Bertz CT molecular complexity index is 403. The van der Waals surface area contributed by atoms with Gasteiger partial charge < -0.3 is 10.4 Å². The second-order valence-corrected chi connectivity index (χ2v) is 4.43. The Labute approximate surface area is 107 Å². The summed E-state index contributed by atoms with van der Waals surface area (Å²) in [6.45, 7) is 3.73. The van der Waals surface area contributed by atoms with Crippen LogP contribution in [0.2, 0.25) is 0 Å². The van der Waals surface area contributed by atoms with E-state index in [0.717, 1.165) is 5.56 Å². The maximum Gasteiger partial charge on any atom is 0.326 e. The fourth-order valence-electron chi connectivity index (χ4n) is 1.69. The summed E-state index contributed by atoms with van der Waals surface area (Å²) in [5.41, 5.74) is 0.878. The number of carboxylic acids is 1. The minimum atomic E-state index is -0.981. The lowest BCUT2D eigenvalue weighted by Gasteiger charge is -2.20. The number of amides is 1. The number of benzene rings is 1. The van der Waals surface area contributed by atoms with Crippen LogP contribution < -0.4 is 5.32 Å². The Kier molecular flexibility index (Phi) is 5.36. The van der Waals surface area contributed by atoms with Gasteiger partial charge in [0.15, 0.2) is 0 Å². The summed E-state index contributed by atoms with van der Waals surface area (Å²) >= 11 is 0. The van der Waals surface area contributed by atoms with Crippen LogP contribution in [0.3, 0.4) is 0 Å². The van der Waals surface area contributed by atoms with Crippen molar-refractivity contribution in [1.82, 2.24) is 5.32 Å². The first-order valence-electron chi connectivity index (χ1n) is 6.10. The van der Waals surface area contributed by atoms with Crippen molar-refractivity contribution in [3.63, 3.8) is 0 Å². The van der Waals surface area contributed by atoms with E-state index in [4.69, 9.17) is 5.11 Å². The highest BCUT2D eigenvalue weighted by Crippen LogP contribution is 2.08. The maximum atomic E-state index is 11.8. The SMILES string of the molecule is CCC(C)C(NC(=O)Cc1ccccc1)C(=O)O. The molecule has 0 spiro atoms. The van der Waals surface area contributed by atoms with Crippen LogP contribution >= 0.6 is 0 Å². The van der Waals surface area contributed by atoms with Crippen LogP contribution in [0.15, 0.2) is 30.3 Å². The Morgan fingerprint density at radius 1 is 1.28 bits per heavy atom. The molecule has 1 amide bonds. The van der Waals surface area contributed by atoms with Gasteiger partial charge in [-0.25, -0.2) is 4.79 Å². The lowest BCUT2D eigenvalue weighted by molar-refractivity contribution is -0.143. The number of carbonyl (C=O) groups excluding carboxylic acids is 1. The normalized spacial score (nSPS) is 13.7. The highest BCUT2D eigenvalue weighted by atomic mass is 16.4. The molecule has 0 saturated carbocycles. The second-order valence-electron chi connectivity index (χ2n) is 4.43. The van der Waals surface area contributed by atoms with E-state index in [1.807, 2.05) is 44.2 Å². The van der Waals surface area contributed by atoms with E-state index < -0.39 is 12.0 Å². The van der Waals surface area contributed by atoms with Gasteiger partial charge in [0.25, 0.3) is 0 Å². The van der Waals surface area contributed by atoms with Crippen LogP contribution in [-0.2, 0) is 16.0 Å². The number of nitrogens with one attached hydrogen (secondary N) is 1. The first-order valence-corrected chi connectivity index (χ1v) is 6.10. The van der Waals surface area contributed by atoms with E-state index >= 15 is 0 Å². The van der Waals surface area contributed by atoms with Crippen LogP contribution in [0, 0.1) is 5.92 Å². The molecule has 2 unspecified atom stereocenters. The predicted octanol–water partition coefficient (Wildman–Crippen LogP) is 1.84. The molecule has 1 aromatic carbocycles. The van der Waals surface area contributed by atoms with E-state index in [-0.39, 0.29) is 18.2 Å². The van der Waals surface area contributed by atoms with Gasteiger partial charge in [0.2, 0.25) is 5.91 Å². The summed E-state index contributed by atoms with van der Waals surface area (Å²) in [4.78, 5) is 22.8. The van der Waals surface area contributed by atoms with Gasteiger partial charge >= 0.3 is 5.97 Å². The fourth-order valence-corrected chi connectivity index (χ4v) is 1.69. The third kappa shape index (κ3) is 4.20. The van der Waals surface area contributed by atoms with Gasteiger partial charge in [-0.15, -0.1) is 0 Å². The van der Waals surface area contributed by atoms with E-state index in [2.05, 4.69) is 5.32 Å². The zero-order valence-corrected chi connectivity index (χ0v) is 10.7. The van der Waals surface area contributed by atoms with Crippen molar-refractivity contribution < 1.29 is 14.7 Å². The molecule has 0 aliphatic carbocycles. The number of hydrogen-bond acceptors (Lipinski definition) is 2. The van der Waals surface area contributed by atoms with E-state index in [0.29, 0.717) is 6.42 Å². The van der Waals surface area contributed by atoms with Crippen LogP contribution in [0.25, 0.3) is 0 Å². The first kappa shape index (κ1) is 14.2. The molecular weight excluding hydrogens is 230 g/mol. The monoisotopic (exact) mass is 249 g/mol. The molecule has 0 aliphatic heterocycles. The lowest BCUT2D eigenvalue weighted by atomic mass is 9.99. The minimum absolute atomic E-state index is 0.0813. The quantitative estimate of drug-likeness (QED) is 0.808. The van der Waals surface area contributed by atoms with E-state index in [1.165, 1.54) is 0 Å². The largest absolute Gasteiger partial charge is 0.480 e. The highest BCUT2D eigenvalue weighted by Gasteiger charge is 2.24. The molecule has 1 aromatic rings. The number of hydrogen-bond donors (Lipinski definition) is 2. The van der Waals surface area contributed by atoms with E-state index in [9.17, 15) is 9.59 Å². The Hall–Kier alpha value is -1.84. The molecule has 98 valence electrons. The third-order valence-electron chi connectivity index (χ3n) is 3.00. The predicted molar refractivity (Wildman–Crippen MR) is 69.2 cm³/mol. The first-order chi connectivity index (χ1) is 8.54. The van der Waals surface area contributed by atoms with Crippen molar-refractivity contribution in [2.24, 2.45) is 5.92 Å². The molecule has 4 heteroatoms. The molecule has 0 radical (unpaired) electrons. The molecule has 0 aromatic heterocycles. The summed E-state index contributed by atoms with van der Waals surface area (Å²) < 4.78 is 0. The van der Waals surface area contributed by atoms with Gasteiger partial charge in [0.05, 0.1) is 6.42 Å². The zero-order chi connectivity index (χ0) is 13.5. The number of carbonyl (C=O) groups is 2. The van der Waals surface area contributed by atoms with Crippen molar-refractivity contribution in [3.05, 3.63) is 35.9 Å². The fraction of sp³-hybridized carbons (Fsp3) is 0.429. The van der Waals surface area contributed by atoms with Gasteiger partial charge in [0.1, 0.15) is 6.04 Å². The van der Waals surface area contributed by atoms with Crippen molar-refractivity contribution in [2.45, 2.75) is 32.7 Å². The van der Waals surface area contributed by atoms with Crippen LogP contribution in [0.5, 0.6) is 0 Å². The average molecular weight is 249 g/mol. The molecule has 1 rings (SSSR count). The standard InChI is InChI=1S/C14H19NO3/c1-3-10(2)13(14(17)18)15-12(16)9-11-7-5-4-6-8-11/h4-8,10,13H,3,9H2,1-2H3,(H,15,16)(H,17,18). The minimum Gasteiger partial charge on any atom is -0.480 e. The van der Waals surface area contributed by atoms with E-state index in [1.54, 1.807) is 0 Å². The van der Waals surface area contributed by atoms with Crippen molar-refractivity contribution in [3.8, 4) is 0 Å². The number of aliphatic carboxylic acids is 1. The van der Waals surface area contributed by atoms with Gasteiger partial charge in [-0.2, -0.15) is 0 Å². The van der Waals surface area contributed by atoms with Crippen LogP contribution in [0.4, 0.5) is 0 Å². The number of rotatable bonds is 6. The van der Waals surface area contributed by atoms with Gasteiger partial charge in [-0.3, -0.25) is 4.79 Å². The molecule has 0 fully saturated rings. The molecule has 0 bridgehead atoms. The molecule has 0 heterocycles. The average Bonchev–Trinajstić information content (AvgIpc) is 2.36. The second kappa shape index (κ2) is 6.79. The molecule has 0 aliphatic rings. The molecule has 0 saturated heterocycles. The van der Waals surface area contributed by atoms with Crippen LogP contribution in [-0.4, -0.2) is 23.0 Å². The highest BCUT2D eigenvalue weighted by molar-refractivity contribution is 5.85. The molecule has 2 N–H and O–H groups in total. The Morgan fingerprint density at radius 3 is 2.39 bits per heavy atom. The van der Waals surface area contributed by atoms with Crippen molar-refractivity contribution in [2.75, 3.05) is 0 Å². The maximum absolute atomic E-state index is 11.8. The van der Waals surface area contributed by atoms with Crippen molar-refractivity contribution in [1.29, 1.82) is 0 Å². The topological polar surface area (TPSA) is 66.4 Å². The lowest BCUT2D eigenvalue weighted by Crippen LogP contribution is -2.45. The molecule has 4 nitrogen and oxygen atoms in total. The van der Waals surface area contributed by atoms with Crippen molar-refractivity contribution >= 4 is 11.9 Å². The summed E-state index contributed by atoms with van der Waals surface area (Å²) in [5, 5.41) is 11.7. The van der Waals surface area contributed by atoms with Gasteiger partial charge in [-0.05, 0) is 11.5 Å². The van der Waals surface area contributed by atoms with Gasteiger partial charge in [0, 0.05) is 0 Å². The zero-order valence-electron chi connectivity index (χ0n) is 10.7. The summed E-state index contributed by atoms with van der Waals surface area (Å²) in [6.07, 6.45) is 0.920. The van der Waals surface area contributed by atoms with Gasteiger partial charge in [-0.1, -0.05) is 50.6 Å². The van der Waals surface area contributed by atoms with Crippen LogP contribution in [0.1, 0.15) is 25.8 Å². The summed E-state index contributed by atoms with van der Waals surface area (Å²) in [5.74, 6) is -1.32. The molecule has 18 heavy (non-hydrogen) atoms. The molecule has 2 atom stereocenters. The summed E-state index contributed by atoms with van der Waals surface area (Å²) in [7, 11) is 0. The summed E-state index contributed by atoms with van der Waals surface area (Å²) in [6, 6.07) is 8.46. The molecular formula is C14H19NO3. The Balaban J connectivity index is 2.60. The number of carboxylic acid groups (broad SMARTS) is 1. The smallest absolute Gasteiger partial charge is 0.326 e.